The van der Waals surface area contributed by atoms with Crippen LogP contribution in [0.5, 0.6) is 0 Å². The predicted molar refractivity (Wildman–Crippen MR) is 101 cm³/mol. The molecule has 3 aliphatic heterocycles. The molecule has 1 aromatic heterocycles. The van der Waals surface area contributed by atoms with Crippen molar-refractivity contribution in [3.63, 3.8) is 0 Å². The lowest BCUT2D eigenvalue weighted by Crippen LogP contribution is -2.48. The van der Waals surface area contributed by atoms with E-state index in [2.05, 4.69) is 11.5 Å². The smallest absolute Gasteiger partial charge is 0.281 e. The molecule has 26 heavy (non-hydrogen) atoms. The summed E-state index contributed by atoms with van der Waals surface area (Å²) in [6.45, 7) is 8.44. The molecule has 4 heterocycles. The summed E-state index contributed by atoms with van der Waals surface area (Å²) in [5.74, 6) is 0.235. The van der Waals surface area contributed by atoms with E-state index >= 15 is 0 Å². The molecule has 146 valence electrons. The molecule has 4 rings (SSSR count). The first-order valence-electron chi connectivity index (χ1n) is 9.32. The molecule has 0 spiro atoms. The molecule has 3 aliphatic rings. The highest BCUT2D eigenvalue weighted by atomic mass is 32.2. The van der Waals surface area contributed by atoms with Gasteiger partial charge >= 0.3 is 0 Å². The number of amides is 1. The molecule has 1 amide bonds. The maximum atomic E-state index is 13.3. The highest BCUT2D eigenvalue weighted by Gasteiger charge is 2.42. The largest absolute Gasteiger partial charge is 0.349 e. The molecular weight excluding hydrogens is 352 g/mol. The third-order valence-corrected chi connectivity index (χ3v) is 7.72. The van der Waals surface area contributed by atoms with Crippen molar-refractivity contribution < 1.29 is 13.2 Å². The number of fused-ring (bicyclic) bond motifs is 4. The Morgan fingerprint density at radius 1 is 1.19 bits per heavy atom. The molecule has 3 fully saturated rings. The first kappa shape index (κ1) is 19.4. The predicted octanol–water partition coefficient (Wildman–Crippen LogP) is 1.47. The van der Waals surface area contributed by atoms with Gasteiger partial charge in [0, 0.05) is 57.7 Å². The number of hydrogen-bond acceptors (Lipinski definition) is 3. The van der Waals surface area contributed by atoms with Gasteiger partial charge < -0.3 is 9.47 Å². The van der Waals surface area contributed by atoms with Crippen molar-refractivity contribution in [2.75, 3.05) is 33.7 Å². The number of aryl methyl sites for hydroxylation is 1. The van der Waals surface area contributed by atoms with Crippen LogP contribution in [0.1, 0.15) is 41.5 Å². The Bertz CT molecular complexity index is 800. The third kappa shape index (κ3) is 3.18. The minimum absolute atomic E-state index is 0.0385. The van der Waals surface area contributed by atoms with Crippen LogP contribution in [0, 0.1) is 19.8 Å². The Kier molecular flexibility index (Phi) is 5.20. The maximum Gasteiger partial charge on any atom is 0.281 e. The maximum absolute atomic E-state index is 13.3. The number of nitrogens with zero attached hydrogens (tertiary/aromatic N) is 4. The van der Waals surface area contributed by atoms with Crippen molar-refractivity contribution in [3.8, 4) is 0 Å². The molecule has 0 aliphatic carbocycles. The SMILES string of the molecule is CCn1c(C)cc(C(=O)N2C[C@H]3CC[C@@H]2CN(S(=O)(=O)N(C)C)C3)c1C. The highest BCUT2D eigenvalue weighted by molar-refractivity contribution is 7.86. The lowest BCUT2D eigenvalue weighted by molar-refractivity contribution is 0.0587. The summed E-state index contributed by atoms with van der Waals surface area (Å²) < 4.78 is 30.1. The van der Waals surface area contributed by atoms with E-state index in [4.69, 9.17) is 0 Å². The number of rotatable bonds is 4. The molecule has 2 bridgehead atoms. The monoisotopic (exact) mass is 382 g/mol. The zero-order chi connectivity index (χ0) is 19.2. The first-order valence-corrected chi connectivity index (χ1v) is 10.7. The van der Waals surface area contributed by atoms with E-state index in [9.17, 15) is 13.2 Å². The van der Waals surface area contributed by atoms with Gasteiger partial charge in [-0.1, -0.05) is 0 Å². The molecule has 1 aromatic rings. The Labute approximate surface area is 156 Å². The van der Waals surface area contributed by atoms with E-state index in [1.807, 2.05) is 24.8 Å². The number of hydrogen-bond donors (Lipinski definition) is 0. The topological polar surface area (TPSA) is 65.9 Å². The molecule has 7 nitrogen and oxygen atoms in total. The Balaban J connectivity index is 1.88. The normalized spacial score (nSPS) is 24.3. The van der Waals surface area contributed by atoms with Crippen LogP contribution < -0.4 is 0 Å². The van der Waals surface area contributed by atoms with Gasteiger partial charge in [-0.25, -0.2) is 0 Å². The summed E-state index contributed by atoms with van der Waals surface area (Å²) in [6.07, 6.45) is 1.84. The van der Waals surface area contributed by atoms with Gasteiger partial charge in [0.15, 0.2) is 0 Å². The van der Waals surface area contributed by atoms with Crippen molar-refractivity contribution in [2.24, 2.45) is 5.92 Å². The fraction of sp³-hybridized carbons (Fsp3) is 0.722. The fourth-order valence-electron chi connectivity index (χ4n) is 4.37. The second-order valence-electron chi connectivity index (χ2n) is 7.69. The van der Waals surface area contributed by atoms with E-state index in [1.165, 1.54) is 4.31 Å². The van der Waals surface area contributed by atoms with Crippen LogP contribution >= 0.6 is 0 Å². The Hall–Kier alpha value is -1.38. The summed E-state index contributed by atoms with van der Waals surface area (Å²) in [4.78, 5) is 15.2. The van der Waals surface area contributed by atoms with Crippen LogP contribution in [-0.4, -0.2) is 72.2 Å². The van der Waals surface area contributed by atoms with Crippen LogP contribution in [0.3, 0.4) is 0 Å². The van der Waals surface area contributed by atoms with Crippen molar-refractivity contribution in [1.29, 1.82) is 0 Å². The van der Waals surface area contributed by atoms with Gasteiger partial charge in [-0.15, -0.1) is 0 Å². The molecule has 0 saturated carbocycles. The van der Waals surface area contributed by atoms with E-state index in [1.54, 1.807) is 18.4 Å². The van der Waals surface area contributed by atoms with Crippen LogP contribution in [0.15, 0.2) is 6.07 Å². The summed E-state index contributed by atoms with van der Waals surface area (Å²) in [5.41, 5.74) is 2.83. The number of piperidine rings is 1. The third-order valence-electron chi connectivity index (χ3n) is 5.85. The van der Waals surface area contributed by atoms with Gasteiger partial charge in [0.1, 0.15) is 0 Å². The molecule has 8 heteroatoms. The second kappa shape index (κ2) is 6.98. The minimum atomic E-state index is -3.45. The lowest BCUT2D eigenvalue weighted by atomic mass is 9.94. The second-order valence-corrected chi connectivity index (χ2v) is 9.83. The van der Waals surface area contributed by atoms with Crippen LogP contribution in [-0.2, 0) is 16.8 Å². The molecule has 2 atom stereocenters. The molecule has 0 radical (unpaired) electrons. The number of carbonyl (C=O) groups is 1. The van der Waals surface area contributed by atoms with Crippen LogP contribution in [0.2, 0.25) is 0 Å². The van der Waals surface area contributed by atoms with E-state index in [0.29, 0.717) is 19.6 Å². The average Bonchev–Trinajstić information content (AvgIpc) is 2.77. The quantitative estimate of drug-likeness (QED) is 0.792. The van der Waals surface area contributed by atoms with Crippen molar-refractivity contribution >= 4 is 16.1 Å². The molecular formula is C18H30N4O3S. The average molecular weight is 383 g/mol. The van der Waals surface area contributed by atoms with E-state index in [-0.39, 0.29) is 17.9 Å². The number of aromatic nitrogens is 1. The van der Waals surface area contributed by atoms with Crippen LogP contribution in [0.4, 0.5) is 0 Å². The fourth-order valence-corrected chi connectivity index (χ4v) is 5.59. The van der Waals surface area contributed by atoms with E-state index < -0.39 is 10.2 Å². The zero-order valence-corrected chi connectivity index (χ0v) is 17.2. The molecule has 0 unspecified atom stereocenters. The van der Waals surface area contributed by atoms with Gasteiger partial charge in [0.2, 0.25) is 0 Å². The summed E-state index contributed by atoms with van der Waals surface area (Å²) in [6, 6.07) is 1.91. The van der Waals surface area contributed by atoms with E-state index in [0.717, 1.165) is 36.3 Å². The summed E-state index contributed by atoms with van der Waals surface area (Å²) in [7, 11) is -0.333. The summed E-state index contributed by atoms with van der Waals surface area (Å²) >= 11 is 0. The van der Waals surface area contributed by atoms with Gasteiger partial charge in [-0.05, 0) is 45.6 Å². The summed E-state index contributed by atoms with van der Waals surface area (Å²) in [5, 5.41) is 0. The molecule has 0 aromatic carbocycles. The number of carbonyl (C=O) groups excluding carboxylic acids is 1. The Morgan fingerprint density at radius 3 is 2.46 bits per heavy atom. The van der Waals surface area contributed by atoms with Crippen molar-refractivity contribution in [2.45, 2.75) is 46.2 Å². The van der Waals surface area contributed by atoms with Crippen molar-refractivity contribution in [3.05, 3.63) is 23.0 Å². The first-order chi connectivity index (χ1) is 12.2. The molecule has 3 saturated heterocycles. The molecule has 0 N–H and O–H groups in total. The van der Waals surface area contributed by atoms with Crippen LogP contribution in [0.25, 0.3) is 0 Å². The zero-order valence-electron chi connectivity index (χ0n) is 16.4. The van der Waals surface area contributed by atoms with Gasteiger partial charge in [0.25, 0.3) is 16.1 Å². The lowest BCUT2D eigenvalue weighted by Gasteiger charge is -2.36. The van der Waals surface area contributed by atoms with Gasteiger partial charge in [0.05, 0.1) is 5.56 Å². The van der Waals surface area contributed by atoms with Gasteiger partial charge in [-0.3, -0.25) is 4.79 Å². The van der Waals surface area contributed by atoms with Crippen molar-refractivity contribution in [1.82, 2.24) is 18.1 Å². The van der Waals surface area contributed by atoms with Gasteiger partial charge in [-0.2, -0.15) is 17.0 Å². The Morgan fingerprint density at radius 2 is 1.88 bits per heavy atom. The minimum Gasteiger partial charge on any atom is -0.349 e. The standard InChI is InChI=1S/C18H30N4O3S/c1-6-21-13(2)9-17(14(21)3)18(23)22-11-15-7-8-16(22)12-20(10-15)26(24,25)19(4)5/h9,15-16H,6-8,10-12H2,1-5H3/t15-,16+/m0/s1. The highest BCUT2D eigenvalue weighted by Crippen LogP contribution is 2.31.